The molecule has 0 aliphatic rings. The van der Waals surface area contributed by atoms with Crippen molar-refractivity contribution < 1.29 is 42.1 Å². The van der Waals surface area contributed by atoms with Crippen LogP contribution in [0.25, 0.3) is 10.2 Å². The van der Waals surface area contributed by atoms with Crippen LogP contribution >= 0.6 is 11.3 Å². The van der Waals surface area contributed by atoms with Gasteiger partial charge in [0.1, 0.15) is 35.9 Å². The highest BCUT2D eigenvalue weighted by Gasteiger charge is 2.30. The number of aliphatic hydroxyl groups is 1. The molecular weight excluding hydrogens is 631 g/mol. The Morgan fingerprint density at radius 3 is 2.47 bits per heavy atom. The molecule has 2 unspecified atom stereocenters. The summed E-state index contributed by atoms with van der Waals surface area (Å²) < 4.78 is 48.9. The second-order valence-corrected chi connectivity index (χ2v) is 13.3. The number of thiazole rings is 1. The Morgan fingerprint density at radius 2 is 1.84 bits per heavy atom. The minimum Gasteiger partial charge on any atom is -0.493 e. The van der Waals surface area contributed by atoms with E-state index in [0.717, 1.165) is 11.3 Å². The summed E-state index contributed by atoms with van der Waals surface area (Å²) in [6.45, 7) is 2.52. The van der Waals surface area contributed by atoms with Gasteiger partial charge in [-0.05, 0) is 41.8 Å². The zero-order chi connectivity index (χ0) is 32.7. The number of amides is 1. The number of fused-ring (bicyclic) bond motifs is 1. The fourth-order valence-corrected chi connectivity index (χ4v) is 5.96. The van der Waals surface area contributed by atoms with Gasteiger partial charge in [0, 0.05) is 12.3 Å². The number of primary sulfonamides is 1. The van der Waals surface area contributed by atoms with Gasteiger partial charge in [-0.1, -0.05) is 31.2 Å². The molecule has 0 saturated carbocycles. The number of rotatable bonds is 16. The minimum absolute atomic E-state index is 0.000260. The molecule has 0 fully saturated rings. The van der Waals surface area contributed by atoms with E-state index in [1.54, 1.807) is 56.3 Å². The van der Waals surface area contributed by atoms with E-state index in [9.17, 15) is 27.5 Å². The maximum atomic E-state index is 13.3. The second kappa shape index (κ2) is 14.7. The van der Waals surface area contributed by atoms with Gasteiger partial charge in [0.15, 0.2) is 0 Å². The number of benzene rings is 2. The molecule has 0 aliphatic heterocycles. The standard InChI is InChI=1S/C28H33FN6O8S2/c1-16(2)25(26(37)31-23(27(38)39)9-17-3-5-20(6-4-17)42-14-18(11-29)13-36)35-12-19(33-34-35)15-43-21-7-8-22-24(10-21)44-28(32-22)45(30,40)41/h3-8,10,12,16,18,23,25,36H,9,11,13-15H2,1-2H3,(H,31,37)(H,38,39)(H2,30,40,41)/t18?,23?,25-/m0/s1. The van der Waals surface area contributed by atoms with Crippen LogP contribution in [0.5, 0.6) is 11.5 Å². The average Bonchev–Trinajstić information content (AvgIpc) is 3.64. The lowest BCUT2D eigenvalue weighted by Gasteiger charge is -2.23. The molecule has 3 atom stereocenters. The monoisotopic (exact) mass is 664 g/mol. The van der Waals surface area contributed by atoms with Gasteiger partial charge in [-0.25, -0.2) is 28.0 Å². The quantitative estimate of drug-likeness (QED) is 0.136. The number of ether oxygens (including phenoxy) is 2. The number of carbonyl (C=O) groups is 2. The number of sulfonamides is 1. The van der Waals surface area contributed by atoms with Gasteiger partial charge in [-0.3, -0.25) is 9.18 Å². The lowest BCUT2D eigenvalue weighted by molar-refractivity contribution is -0.142. The summed E-state index contributed by atoms with van der Waals surface area (Å²) in [6, 6.07) is 9.26. The largest absolute Gasteiger partial charge is 0.493 e. The van der Waals surface area contributed by atoms with Gasteiger partial charge in [-0.15, -0.1) is 16.4 Å². The zero-order valence-corrected chi connectivity index (χ0v) is 26.0. The SMILES string of the molecule is CC(C)[C@@H](C(=O)NC(Cc1ccc(OCC(CO)CF)cc1)C(=O)O)n1cc(COc2ccc3nc(S(N)(=O)=O)sc3c2)nn1. The topological polar surface area (TPSA) is 209 Å². The third-order valence-electron chi connectivity index (χ3n) is 6.65. The molecule has 14 nitrogen and oxygen atoms in total. The molecule has 2 aromatic carbocycles. The van der Waals surface area contributed by atoms with E-state index >= 15 is 0 Å². The number of hydrogen-bond acceptors (Lipinski definition) is 11. The van der Waals surface area contributed by atoms with E-state index in [-0.39, 0.29) is 36.5 Å². The third-order valence-corrected chi connectivity index (χ3v) is 8.99. The van der Waals surface area contributed by atoms with Crippen molar-refractivity contribution in [1.82, 2.24) is 25.3 Å². The Hall–Kier alpha value is -4.19. The van der Waals surface area contributed by atoms with E-state index in [0.29, 0.717) is 33.0 Å². The van der Waals surface area contributed by atoms with Gasteiger partial charge < -0.3 is 25.0 Å². The number of aromatic nitrogens is 4. The third kappa shape index (κ3) is 8.93. The summed E-state index contributed by atoms with van der Waals surface area (Å²) in [7, 11) is -3.93. The second-order valence-electron chi connectivity index (χ2n) is 10.6. The van der Waals surface area contributed by atoms with E-state index < -0.39 is 46.6 Å². The average molecular weight is 665 g/mol. The summed E-state index contributed by atoms with van der Waals surface area (Å²) in [5.74, 6) is -1.82. The van der Waals surface area contributed by atoms with Gasteiger partial charge in [0.2, 0.25) is 10.2 Å². The van der Waals surface area contributed by atoms with Crippen molar-refractivity contribution in [2.24, 2.45) is 17.0 Å². The Bertz CT molecular complexity index is 1720. The maximum absolute atomic E-state index is 13.3. The van der Waals surface area contributed by atoms with Crippen molar-refractivity contribution in [2.45, 2.75) is 43.3 Å². The lowest BCUT2D eigenvalue weighted by Crippen LogP contribution is -2.46. The number of hydrogen-bond donors (Lipinski definition) is 4. The van der Waals surface area contributed by atoms with Gasteiger partial charge in [-0.2, -0.15) is 0 Å². The van der Waals surface area contributed by atoms with E-state index in [2.05, 4.69) is 20.6 Å². The number of halogens is 1. The summed E-state index contributed by atoms with van der Waals surface area (Å²) in [6.07, 6.45) is 1.53. The maximum Gasteiger partial charge on any atom is 0.326 e. The van der Waals surface area contributed by atoms with Crippen LogP contribution in [-0.4, -0.2) is 76.4 Å². The predicted octanol–water partition coefficient (Wildman–Crippen LogP) is 2.08. The molecule has 45 heavy (non-hydrogen) atoms. The molecule has 17 heteroatoms. The molecule has 1 amide bonds. The molecule has 4 rings (SSSR count). The number of carbonyl (C=O) groups excluding carboxylic acids is 1. The van der Waals surface area contributed by atoms with E-state index in [4.69, 9.17) is 19.7 Å². The molecule has 0 radical (unpaired) electrons. The molecule has 0 spiro atoms. The zero-order valence-electron chi connectivity index (χ0n) is 24.4. The highest BCUT2D eigenvalue weighted by Crippen LogP contribution is 2.28. The molecule has 0 bridgehead atoms. The van der Waals surface area contributed by atoms with Crippen LogP contribution in [0.15, 0.2) is 53.0 Å². The van der Waals surface area contributed by atoms with Crippen LogP contribution in [0, 0.1) is 11.8 Å². The normalized spacial score (nSPS) is 13.8. The number of nitrogens with zero attached hydrogens (tertiary/aromatic N) is 4. The van der Waals surface area contributed by atoms with Crippen LogP contribution in [0.1, 0.15) is 31.1 Å². The number of carboxylic acids is 1. The first-order valence-electron chi connectivity index (χ1n) is 13.8. The summed E-state index contributed by atoms with van der Waals surface area (Å²) >= 11 is 0.919. The Balaban J connectivity index is 1.38. The van der Waals surface area contributed by atoms with Crippen molar-refractivity contribution >= 4 is 43.5 Å². The fourth-order valence-electron chi connectivity index (χ4n) is 4.27. The first kappa shape index (κ1) is 33.7. The van der Waals surface area contributed by atoms with Crippen molar-refractivity contribution in [2.75, 3.05) is 19.9 Å². The number of aliphatic carboxylic acids is 1. The van der Waals surface area contributed by atoms with Crippen LogP contribution in [0.4, 0.5) is 4.39 Å². The molecule has 242 valence electrons. The first-order valence-corrected chi connectivity index (χ1v) is 16.1. The summed E-state index contributed by atoms with van der Waals surface area (Å²) in [5, 5.41) is 34.8. The molecule has 2 heterocycles. The number of carboxylic acid groups (broad SMARTS) is 1. The highest BCUT2D eigenvalue weighted by molar-refractivity contribution is 7.91. The van der Waals surface area contributed by atoms with Gasteiger partial charge >= 0.3 is 5.97 Å². The number of nitrogens with two attached hydrogens (primary N) is 1. The number of nitrogens with one attached hydrogen (secondary N) is 1. The van der Waals surface area contributed by atoms with Crippen molar-refractivity contribution in [3.63, 3.8) is 0 Å². The highest BCUT2D eigenvalue weighted by atomic mass is 32.2. The fraction of sp³-hybridized carbons (Fsp3) is 0.393. The Kier molecular flexibility index (Phi) is 11.0. The number of alkyl halides is 1. The molecule has 0 aliphatic carbocycles. The summed E-state index contributed by atoms with van der Waals surface area (Å²) in [4.78, 5) is 29.4. The van der Waals surface area contributed by atoms with Gasteiger partial charge in [0.25, 0.3) is 10.0 Å². The van der Waals surface area contributed by atoms with Crippen LogP contribution < -0.4 is 19.9 Å². The minimum atomic E-state index is -3.93. The van der Waals surface area contributed by atoms with Crippen molar-refractivity contribution in [3.05, 3.63) is 59.9 Å². The van der Waals surface area contributed by atoms with Crippen LogP contribution in [0.3, 0.4) is 0 Å². The van der Waals surface area contributed by atoms with Crippen LogP contribution in [-0.2, 0) is 32.6 Å². The van der Waals surface area contributed by atoms with Crippen molar-refractivity contribution in [1.29, 1.82) is 0 Å². The number of aliphatic hydroxyl groups excluding tert-OH is 1. The molecule has 4 aromatic rings. The first-order chi connectivity index (χ1) is 21.4. The summed E-state index contributed by atoms with van der Waals surface area (Å²) in [5.41, 5.74) is 1.48. The Labute approximate surface area is 262 Å². The molecule has 2 aromatic heterocycles. The van der Waals surface area contributed by atoms with E-state index in [1.165, 1.54) is 10.9 Å². The van der Waals surface area contributed by atoms with Crippen LogP contribution in [0.2, 0.25) is 0 Å². The van der Waals surface area contributed by atoms with Gasteiger partial charge in [0.05, 0.1) is 36.3 Å². The predicted molar refractivity (Wildman–Crippen MR) is 161 cm³/mol. The smallest absolute Gasteiger partial charge is 0.326 e. The lowest BCUT2D eigenvalue weighted by atomic mass is 10.0. The Morgan fingerprint density at radius 1 is 1.13 bits per heavy atom. The molecular formula is C28H33FN6O8S2. The van der Waals surface area contributed by atoms with E-state index in [1.807, 2.05) is 0 Å². The molecule has 5 N–H and O–H groups in total. The molecule has 0 saturated heterocycles. The van der Waals surface area contributed by atoms with Crippen molar-refractivity contribution in [3.8, 4) is 11.5 Å².